The van der Waals surface area contributed by atoms with Crippen molar-refractivity contribution in [3.05, 3.63) is 18.7 Å². The molecular weight excluding hydrogens is 130 g/mol. The van der Waals surface area contributed by atoms with E-state index in [-0.39, 0.29) is 12.5 Å². The quantitative estimate of drug-likeness (QED) is 0.397. The van der Waals surface area contributed by atoms with E-state index in [4.69, 9.17) is 5.73 Å². The first-order chi connectivity index (χ1) is 4.68. The van der Waals surface area contributed by atoms with Gasteiger partial charge in [0.05, 0.1) is 7.05 Å². The van der Waals surface area contributed by atoms with Crippen molar-refractivity contribution in [2.45, 2.75) is 6.54 Å². The van der Waals surface area contributed by atoms with Gasteiger partial charge in [0.15, 0.2) is 0 Å². The molecule has 0 aromatic carbocycles. The summed E-state index contributed by atoms with van der Waals surface area (Å²) in [7, 11) is 1.83. The third-order valence-electron chi connectivity index (χ3n) is 1.08. The SMILES string of the molecule is C[n+]1[c-]n(CC(N)=O)cc1. The van der Waals surface area contributed by atoms with Gasteiger partial charge in [-0.1, -0.05) is 0 Å². The summed E-state index contributed by atoms with van der Waals surface area (Å²) in [6.07, 6.45) is 6.38. The van der Waals surface area contributed by atoms with E-state index in [1.54, 1.807) is 21.5 Å². The van der Waals surface area contributed by atoms with E-state index in [1.807, 2.05) is 7.05 Å². The maximum Gasteiger partial charge on any atom is 0.257 e. The molecule has 0 fully saturated rings. The van der Waals surface area contributed by atoms with Crippen LogP contribution in [0.3, 0.4) is 0 Å². The van der Waals surface area contributed by atoms with Crippen LogP contribution < -0.4 is 10.3 Å². The Hall–Kier alpha value is -1.32. The second-order valence-electron chi connectivity index (χ2n) is 2.10. The minimum atomic E-state index is -0.354. The average Bonchev–Trinajstić information content (AvgIpc) is 2.13. The number of amides is 1. The first kappa shape index (κ1) is 6.80. The van der Waals surface area contributed by atoms with Crippen molar-refractivity contribution in [2.75, 3.05) is 0 Å². The summed E-state index contributed by atoms with van der Waals surface area (Å²) < 4.78 is 3.32. The molecule has 0 aliphatic heterocycles. The van der Waals surface area contributed by atoms with Crippen molar-refractivity contribution in [3.63, 3.8) is 0 Å². The van der Waals surface area contributed by atoms with Gasteiger partial charge in [-0.3, -0.25) is 4.79 Å². The normalized spacial score (nSPS) is 9.70. The zero-order valence-corrected chi connectivity index (χ0v) is 5.74. The van der Waals surface area contributed by atoms with Crippen molar-refractivity contribution in [1.82, 2.24) is 4.57 Å². The molecule has 0 radical (unpaired) electrons. The molecule has 0 saturated carbocycles. The molecule has 1 heterocycles. The van der Waals surface area contributed by atoms with E-state index >= 15 is 0 Å². The van der Waals surface area contributed by atoms with Gasteiger partial charge in [0.1, 0.15) is 6.54 Å². The Morgan fingerprint density at radius 2 is 2.60 bits per heavy atom. The Bertz CT molecular complexity index is 241. The Balaban J connectivity index is 2.67. The lowest BCUT2D eigenvalue weighted by molar-refractivity contribution is -0.675. The zero-order chi connectivity index (χ0) is 7.56. The Labute approximate surface area is 58.9 Å². The lowest BCUT2D eigenvalue weighted by Gasteiger charge is -1.93. The van der Waals surface area contributed by atoms with Crippen LogP contribution in [0.5, 0.6) is 0 Å². The van der Waals surface area contributed by atoms with Gasteiger partial charge in [0, 0.05) is 0 Å². The van der Waals surface area contributed by atoms with E-state index in [9.17, 15) is 4.79 Å². The minimum Gasteiger partial charge on any atom is -0.366 e. The highest BCUT2D eigenvalue weighted by Crippen LogP contribution is 1.79. The number of aromatic nitrogens is 2. The van der Waals surface area contributed by atoms with Crippen LogP contribution in [-0.2, 0) is 18.4 Å². The molecule has 1 aromatic rings. The molecule has 1 aromatic heterocycles. The Morgan fingerprint density at radius 1 is 1.90 bits per heavy atom. The van der Waals surface area contributed by atoms with Crippen molar-refractivity contribution < 1.29 is 9.36 Å². The smallest absolute Gasteiger partial charge is 0.257 e. The summed E-state index contributed by atoms with van der Waals surface area (Å²) in [4.78, 5) is 10.4. The van der Waals surface area contributed by atoms with Crippen LogP contribution in [0.25, 0.3) is 0 Å². The number of rotatable bonds is 2. The van der Waals surface area contributed by atoms with Crippen molar-refractivity contribution in [2.24, 2.45) is 12.8 Å². The summed E-state index contributed by atoms with van der Waals surface area (Å²) in [5.74, 6) is -0.354. The van der Waals surface area contributed by atoms with Gasteiger partial charge in [-0.15, -0.1) is 0 Å². The second kappa shape index (κ2) is 2.51. The number of aryl methyl sites for hydroxylation is 1. The van der Waals surface area contributed by atoms with Gasteiger partial charge in [-0.2, -0.15) is 0 Å². The van der Waals surface area contributed by atoms with E-state index in [2.05, 4.69) is 6.33 Å². The summed E-state index contributed by atoms with van der Waals surface area (Å²) in [5, 5.41) is 0. The molecule has 4 heteroatoms. The molecule has 0 bridgehead atoms. The fourth-order valence-corrected chi connectivity index (χ4v) is 0.706. The third-order valence-corrected chi connectivity index (χ3v) is 1.08. The first-order valence-electron chi connectivity index (χ1n) is 2.91. The average molecular weight is 139 g/mol. The summed E-state index contributed by atoms with van der Waals surface area (Å²) in [5.41, 5.74) is 4.94. The number of imidazole rings is 1. The van der Waals surface area contributed by atoms with Crippen LogP contribution in [0, 0.1) is 6.33 Å². The van der Waals surface area contributed by atoms with E-state index in [0.29, 0.717) is 0 Å². The predicted molar refractivity (Wildman–Crippen MR) is 33.6 cm³/mol. The molecule has 0 spiro atoms. The molecular formula is C6H9N3O. The van der Waals surface area contributed by atoms with Crippen LogP contribution in [0.4, 0.5) is 0 Å². The minimum absolute atomic E-state index is 0.195. The fourth-order valence-electron chi connectivity index (χ4n) is 0.706. The maximum absolute atomic E-state index is 10.4. The Morgan fingerprint density at radius 3 is 3.00 bits per heavy atom. The first-order valence-corrected chi connectivity index (χ1v) is 2.91. The number of primary amides is 1. The second-order valence-corrected chi connectivity index (χ2v) is 2.10. The molecule has 10 heavy (non-hydrogen) atoms. The van der Waals surface area contributed by atoms with Crippen molar-refractivity contribution in [3.8, 4) is 0 Å². The van der Waals surface area contributed by atoms with Gasteiger partial charge < -0.3 is 14.9 Å². The highest BCUT2D eigenvalue weighted by molar-refractivity contribution is 5.73. The number of carbonyl (C=O) groups is 1. The van der Waals surface area contributed by atoms with E-state index in [0.717, 1.165) is 0 Å². The van der Waals surface area contributed by atoms with E-state index < -0.39 is 0 Å². The number of nitrogens with two attached hydrogens (primary N) is 1. The Kier molecular flexibility index (Phi) is 1.71. The van der Waals surface area contributed by atoms with Gasteiger partial charge in [0.25, 0.3) is 5.91 Å². The van der Waals surface area contributed by atoms with Crippen LogP contribution in [-0.4, -0.2) is 10.5 Å². The zero-order valence-electron chi connectivity index (χ0n) is 5.74. The molecule has 1 rings (SSSR count). The molecule has 0 unspecified atom stereocenters. The lowest BCUT2D eigenvalue weighted by Crippen LogP contribution is -2.26. The molecule has 0 atom stereocenters. The molecule has 0 saturated heterocycles. The third kappa shape index (κ3) is 1.58. The highest BCUT2D eigenvalue weighted by Gasteiger charge is 1.95. The van der Waals surface area contributed by atoms with Gasteiger partial charge >= 0.3 is 0 Å². The van der Waals surface area contributed by atoms with Crippen LogP contribution in [0.15, 0.2) is 12.4 Å². The number of carbonyl (C=O) groups excluding carboxylic acids is 1. The topological polar surface area (TPSA) is 51.9 Å². The van der Waals surface area contributed by atoms with E-state index in [1.165, 1.54) is 0 Å². The monoisotopic (exact) mass is 139 g/mol. The van der Waals surface area contributed by atoms with Crippen LogP contribution in [0.1, 0.15) is 0 Å². The number of hydrogen-bond acceptors (Lipinski definition) is 1. The summed E-state index contributed by atoms with van der Waals surface area (Å²) in [6, 6.07) is 0. The fraction of sp³-hybridized carbons (Fsp3) is 0.333. The van der Waals surface area contributed by atoms with Crippen LogP contribution >= 0.6 is 0 Å². The van der Waals surface area contributed by atoms with Gasteiger partial charge in [0.2, 0.25) is 6.33 Å². The largest absolute Gasteiger partial charge is 0.366 e. The van der Waals surface area contributed by atoms with Crippen LogP contribution in [0.2, 0.25) is 0 Å². The molecule has 2 N–H and O–H groups in total. The number of nitrogens with zero attached hydrogens (tertiary/aromatic N) is 2. The summed E-state index contributed by atoms with van der Waals surface area (Å²) >= 11 is 0. The molecule has 0 aliphatic rings. The molecule has 1 amide bonds. The van der Waals surface area contributed by atoms with Gasteiger partial charge in [-0.05, 0) is 12.4 Å². The van der Waals surface area contributed by atoms with Gasteiger partial charge in [-0.25, -0.2) is 0 Å². The molecule has 4 nitrogen and oxygen atoms in total. The summed E-state index contributed by atoms with van der Waals surface area (Å²) in [6.45, 7) is 0.195. The lowest BCUT2D eigenvalue weighted by atomic mass is 10.6. The predicted octanol–water partition coefficient (Wildman–Crippen LogP) is -1.40. The molecule has 0 aliphatic carbocycles. The molecule has 54 valence electrons. The van der Waals surface area contributed by atoms with Crippen molar-refractivity contribution in [1.29, 1.82) is 0 Å². The highest BCUT2D eigenvalue weighted by atomic mass is 16.1. The van der Waals surface area contributed by atoms with Crippen molar-refractivity contribution >= 4 is 5.91 Å². The number of hydrogen-bond donors (Lipinski definition) is 1. The maximum atomic E-state index is 10.4. The standard InChI is InChI=1S/C6H9N3O/c1-8-2-3-9(5-8)4-6(7)10/h2-3H,4H2,1H3,(H2,7,10).